The number of hydrogen-bond donors (Lipinski definition) is 1. The van der Waals surface area contributed by atoms with Crippen LogP contribution in [-0.4, -0.2) is 38.5 Å². The van der Waals surface area contributed by atoms with E-state index in [0.717, 1.165) is 10.6 Å². The number of ether oxygens (including phenoxy) is 1. The lowest BCUT2D eigenvalue weighted by molar-refractivity contribution is -0.119. The number of carbonyl (C=O) groups excluding carboxylic acids is 1. The average Bonchev–Trinajstić information content (AvgIpc) is 2.57. The Morgan fingerprint density at radius 1 is 1.12 bits per heavy atom. The van der Waals surface area contributed by atoms with E-state index in [1.807, 2.05) is 13.0 Å². The third kappa shape index (κ3) is 4.80. The molecule has 134 valence electrons. The Morgan fingerprint density at radius 2 is 1.72 bits per heavy atom. The summed E-state index contributed by atoms with van der Waals surface area (Å²) in [5, 5.41) is 2.78. The molecule has 0 aromatic heterocycles. The zero-order valence-electron chi connectivity index (χ0n) is 14.5. The summed E-state index contributed by atoms with van der Waals surface area (Å²) in [6.07, 6.45) is 1.07. The van der Waals surface area contributed by atoms with Gasteiger partial charge in [-0.3, -0.25) is 4.79 Å². The summed E-state index contributed by atoms with van der Waals surface area (Å²) in [7, 11) is -2.18. The number of benzene rings is 2. The molecule has 2 rings (SSSR count). The van der Waals surface area contributed by atoms with Gasteiger partial charge in [0.25, 0.3) is 0 Å². The number of anilines is 1. The fourth-order valence-electron chi connectivity index (χ4n) is 2.41. The van der Waals surface area contributed by atoms with Crippen molar-refractivity contribution in [3.8, 4) is 5.75 Å². The Kier molecular flexibility index (Phi) is 6.17. The number of hydrogen-bond acceptors (Lipinski definition) is 4. The van der Waals surface area contributed by atoms with Gasteiger partial charge in [-0.2, -0.15) is 4.31 Å². The first-order valence-corrected chi connectivity index (χ1v) is 9.70. The number of nitrogens with zero attached hydrogens (tertiary/aromatic N) is 1. The third-order valence-corrected chi connectivity index (χ3v) is 4.95. The van der Waals surface area contributed by atoms with Crippen molar-refractivity contribution in [1.29, 1.82) is 0 Å². The molecule has 2 aromatic carbocycles. The fraction of sp³-hybridized carbons (Fsp3) is 0.278. The van der Waals surface area contributed by atoms with Gasteiger partial charge in [0.15, 0.2) is 0 Å². The highest BCUT2D eigenvalue weighted by Gasteiger charge is 2.31. The van der Waals surface area contributed by atoms with Crippen LogP contribution in [0.15, 0.2) is 54.6 Å². The molecule has 0 heterocycles. The van der Waals surface area contributed by atoms with Crippen LogP contribution in [-0.2, 0) is 14.8 Å². The minimum atomic E-state index is -3.57. The summed E-state index contributed by atoms with van der Waals surface area (Å²) >= 11 is 0. The molecule has 7 heteroatoms. The molecule has 6 nitrogen and oxygen atoms in total. The van der Waals surface area contributed by atoms with Crippen molar-refractivity contribution in [2.45, 2.75) is 13.0 Å². The molecule has 0 saturated carbocycles. The molecule has 1 unspecified atom stereocenters. The van der Waals surface area contributed by atoms with Crippen molar-refractivity contribution in [1.82, 2.24) is 4.31 Å². The van der Waals surface area contributed by atoms with Crippen LogP contribution in [0, 0.1) is 0 Å². The third-order valence-electron chi connectivity index (χ3n) is 3.70. The highest BCUT2D eigenvalue weighted by molar-refractivity contribution is 7.88. The van der Waals surface area contributed by atoms with Gasteiger partial charge >= 0.3 is 0 Å². The minimum Gasteiger partial charge on any atom is -0.492 e. The molecule has 1 atom stereocenters. The van der Waals surface area contributed by atoms with Crippen molar-refractivity contribution >= 4 is 21.6 Å². The summed E-state index contributed by atoms with van der Waals surface area (Å²) in [4.78, 5) is 12.9. The number of amides is 1. The molecular formula is C18H22N2O4S. The van der Waals surface area contributed by atoms with Gasteiger partial charge in [-0.1, -0.05) is 42.5 Å². The largest absolute Gasteiger partial charge is 0.492 e. The number of rotatable bonds is 7. The van der Waals surface area contributed by atoms with E-state index in [1.54, 1.807) is 48.5 Å². The minimum absolute atomic E-state index is 0.453. The maximum atomic E-state index is 12.9. The standard InChI is InChI=1S/C18H22N2O4S/c1-4-24-16-13-9-8-12-15(16)19-18(21)17(20(2)25(3,22)23)14-10-6-5-7-11-14/h5-13,17H,4H2,1-3H3,(H,19,21). The Labute approximate surface area is 148 Å². The molecule has 25 heavy (non-hydrogen) atoms. The Morgan fingerprint density at radius 3 is 2.32 bits per heavy atom. The summed E-state index contributed by atoms with van der Waals surface area (Å²) in [6, 6.07) is 14.8. The van der Waals surface area contributed by atoms with E-state index in [1.165, 1.54) is 7.05 Å². The molecule has 2 aromatic rings. The monoisotopic (exact) mass is 362 g/mol. The van der Waals surface area contributed by atoms with Gasteiger partial charge in [0, 0.05) is 7.05 Å². The maximum Gasteiger partial charge on any atom is 0.247 e. The van der Waals surface area contributed by atoms with Gasteiger partial charge in [-0.15, -0.1) is 0 Å². The Hall–Kier alpha value is -2.38. The van der Waals surface area contributed by atoms with Crippen LogP contribution in [0.4, 0.5) is 5.69 Å². The topological polar surface area (TPSA) is 75.7 Å². The van der Waals surface area contributed by atoms with E-state index in [4.69, 9.17) is 4.74 Å². The highest BCUT2D eigenvalue weighted by atomic mass is 32.2. The van der Waals surface area contributed by atoms with Crippen LogP contribution in [0.1, 0.15) is 18.5 Å². The van der Waals surface area contributed by atoms with Crippen molar-refractivity contribution < 1.29 is 17.9 Å². The summed E-state index contributed by atoms with van der Waals surface area (Å²) in [6.45, 7) is 2.31. The van der Waals surface area contributed by atoms with Crippen molar-refractivity contribution in [3.05, 3.63) is 60.2 Å². The quantitative estimate of drug-likeness (QED) is 0.822. The molecule has 0 saturated heterocycles. The molecule has 1 N–H and O–H groups in total. The van der Waals surface area contributed by atoms with Gasteiger partial charge in [0.1, 0.15) is 11.8 Å². The zero-order chi connectivity index (χ0) is 18.4. The number of carbonyl (C=O) groups is 1. The second kappa shape index (κ2) is 8.13. The van der Waals surface area contributed by atoms with Gasteiger partial charge in [-0.25, -0.2) is 8.42 Å². The van der Waals surface area contributed by atoms with Crippen molar-refractivity contribution in [2.75, 3.05) is 25.2 Å². The van der Waals surface area contributed by atoms with Crippen LogP contribution in [0.2, 0.25) is 0 Å². The number of likely N-dealkylation sites (N-methyl/N-ethyl adjacent to an activating group) is 1. The predicted molar refractivity (Wildman–Crippen MR) is 98.0 cm³/mol. The van der Waals surface area contributed by atoms with E-state index >= 15 is 0 Å². The van der Waals surface area contributed by atoms with E-state index in [0.29, 0.717) is 23.6 Å². The van der Waals surface area contributed by atoms with Crippen molar-refractivity contribution in [3.63, 3.8) is 0 Å². The lowest BCUT2D eigenvalue weighted by atomic mass is 10.1. The molecule has 0 aliphatic rings. The normalized spacial score (nSPS) is 12.6. The first kappa shape index (κ1) is 19.0. The second-order valence-corrected chi connectivity index (χ2v) is 7.55. The zero-order valence-corrected chi connectivity index (χ0v) is 15.3. The Bertz CT molecular complexity index is 822. The molecule has 0 aliphatic carbocycles. The maximum absolute atomic E-state index is 12.9. The van der Waals surface area contributed by atoms with Gasteiger partial charge < -0.3 is 10.1 Å². The summed E-state index contributed by atoms with van der Waals surface area (Å²) < 4.78 is 30.5. The van der Waals surface area contributed by atoms with E-state index in [-0.39, 0.29) is 0 Å². The number of para-hydroxylation sites is 2. The molecule has 0 fully saturated rings. The van der Waals surface area contributed by atoms with Crippen LogP contribution in [0.5, 0.6) is 5.75 Å². The second-order valence-electron chi connectivity index (χ2n) is 5.51. The summed E-state index contributed by atoms with van der Waals surface area (Å²) in [5.74, 6) is 0.0819. The molecule has 0 bridgehead atoms. The lowest BCUT2D eigenvalue weighted by Gasteiger charge is -2.26. The van der Waals surface area contributed by atoms with Gasteiger partial charge in [0.2, 0.25) is 15.9 Å². The van der Waals surface area contributed by atoms with Crippen LogP contribution in [0.3, 0.4) is 0 Å². The van der Waals surface area contributed by atoms with E-state index in [2.05, 4.69) is 5.32 Å². The van der Waals surface area contributed by atoms with Crippen LogP contribution < -0.4 is 10.1 Å². The molecule has 1 amide bonds. The smallest absolute Gasteiger partial charge is 0.247 e. The van der Waals surface area contributed by atoms with E-state index in [9.17, 15) is 13.2 Å². The van der Waals surface area contributed by atoms with Crippen molar-refractivity contribution in [2.24, 2.45) is 0 Å². The molecule has 0 radical (unpaired) electrons. The fourth-order valence-corrected chi connectivity index (χ4v) is 3.01. The number of nitrogens with one attached hydrogen (secondary N) is 1. The number of sulfonamides is 1. The highest BCUT2D eigenvalue weighted by Crippen LogP contribution is 2.28. The SMILES string of the molecule is CCOc1ccccc1NC(=O)C(c1ccccc1)N(C)S(C)(=O)=O. The predicted octanol–water partition coefficient (Wildman–Crippen LogP) is 2.66. The lowest BCUT2D eigenvalue weighted by Crippen LogP contribution is -2.38. The van der Waals surface area contributed by atoms with Gasteiger partial charge in [0.05, 0.1) is 18.6 Å². The average molecular weight is 362 g/mol. The van der Waals surface area contributed by atoms with E-state index < -0.39 is 22.0 Å². The van der Waals surface area contributed by atoms with Gasteiger partial charge in [-0.05, 0) is 24.6 Å². The van der Waals surface area contributed by atoms with Crippen LogP contribution >= 0.6 is 0 Å². The first-order valence-electron chi connectivity index (χ1n) is 7.85. The molecular weight excluding hydrogens is 340 g/mol. The summed E-state index contributed by atoms with van der Waals surface area (Å²) in [5.41, 5.74) is 1.08. The van der Waals surface area contributed by atoms with Crippen LogP contribution in [0.25, 0.3) is 0 Å². The molecule has 0 aliphatic heterocycles. The molecule has 0 spiro atoms. The Balaban J connectivity index is 2.37. The first-order chi connectivity index (χ1) is 11.8.